The number of nitrogens with one attached hydrogen (secondary N) is 2. The van der Waals surface area contributed by atoms with Crippen LogP contribution in [0.15, 0.2) is 23.0 Å². The van der Waals surface area contributed by atoms with Crippen LogP contribution in [0, 0.1) is 0 Å². The molecule has 0 spiro atoms. The number of nitrogens with zero attached hydrogens (tertiary/aromatic N) is 2. The Kier molecular flexibility index (Phi) is 3.12. The van der Waals surface area contributed by atoms with Crippen LogP contribution in [0.25, 0.3) is 11.0 Å². The lowest BCUT2D eigenvalue weighted by atomic mass is 9.92. The number of para-hydroxylation sites is 1. The lowest BCUT2D eigenvalue weighted by molar-refractivity contribution is -0.135. The fraction of sp³-hybridized carbons (Fsp3) is 0.438. The molecule has 0 aliphatic carbocycles. The molecule has 3 heterocycles. The van der Waals surface area contributed by atoms with Gasteiger partial charge in [0, 0.05) is 32.5 Å². The molecule has 0 bridgehead atoms. The molecule has 2 aliphatic heterocycles. The van der Waals surface area contributed by atoms with Crippen LogP contribution < -0.4 is 16.3 Å². The zero-order valence-electron chi connectivity index (χ0n) is 12.8. The van der Waals surface area contributed by atoms with Crippen molar-refractivity contribution in [2.45, 2.75) is 24.8 Å². The van der Waals surface area contributed by atoms with Crippen LogP contribution in [0.1, 0.15) is 30.4 Å². The molecule has 2 fully saturated rings. The van der Waals surface area contributed by atoms with E-state index in [2.05, 4.69) is 10.6 Å². The number of hydrogen-bond donors (Lipinski definition) is 2. The summed E-state index contributed by atoms with van der Waals surface area (Å²) in [5.41, 5.74) is 2.56. The Hall–Kier alpha value is -2.41. The molecule has 7 heteroatoms. The van der Waals surface area contributed by atoms with Crippen molar-refractivity contribution < 1.29 is 9.59 Å². The Morgan fingerprint density at radius 2 is 1.96 bits per heavy atom. The van der Waals surface area contributed by atoms with E-state index in [-0.39, 0.29) is 18.0 Å². The Bertz CT molecular complexity index is 875. The molecule has 1 atom stereocenters. The minimum atomic E-state index is -0.626. The molecule has 1 aromatic heterocycles. The van der Waals surface area contributed by atoms with Crippen LogP contribution in [-0.2, 0) is 16.6 Å². The van der Waals surface area contributed by atoms with E-state index < -0.39 is 11.9 Å². The van der Waals surface area contributed by atoms with Gasteiger partial charge in [-0.1, -0.05) is 12.1 Å². The maximum absolute atomic E-state index is 12.7. The van der Waals surface area contributed by atoms with Crippen molar-refractivity contribution in [3.63, 3.8) is 0 Å². The zero-order valence-corrected chi connectivity index (χ0v) is 12.8. The van der Waals surface area contributed by atoms with Crippen LogP contribution >= 0.6 is 0 Å². The summed E-state index contributed by atoms with van der Waals surface area (Å²) in [6.07, 6.45) is 0.615. The second kappa shape index (κ2) is 5.06. The van der Waals surface area contributed by atoms with Gasteiger partial charge < -0.3 is 5.32 Å². The van der Waals surface area contributed by atoms with Crippen LogP contribution in [0.5, 0.6) is 0 Å². The van der Waals surface area contributed by atoms with E-state index >= 15 is 0 Å². The van der Waals surface area contributed by atoms with Gasteiger partial charge in [-0.3, -0.25) is 24.0 Å². The number of hydrogen-bond acceptors (Lipinski definition) is 4. The number of carbonyl (C=O) groups is 2. The zero-order chi connectivity index (χ0) is 16.1. The van der Waals surface area contributed by atoms with Gasteiger partial charge in [0.15, 0.2) is 0 Å². The smallest absolute Gasteiger partial charge is 0.315 e. The highest BCUT2D eigenvalue weighted by Gasteiger charge is 2.32. The third-order valence-electron chi connectivity index (χ3n) is 4.88. The lowest BCUT2D eigenvalue weighted by Crippen LogP contribution is -2.44. The van der Waals surface area contributed by atoms with Gasteiger partial charge in [-0.2, -0.15) is 0 Å². The van der Waals surface area contributed by atoms with Gasteiger partial charge in [0.25, 0.3) is 0 Å². The molecule has 23 heavy (non-hydrogen) atoms. The number of fused-ring (bicyclic) bond motifs is 1. The normalized spacial score (nSPS) is 22.2. The lowest BCUT2D eigenvalue weighted by Gasteiger charge is -2.28. The maximum atomic E-state index is 12.7. The number of imidazole rings is 1. The minimum absolute atomic E-state index is 0.214. The van der Waals surface area contributed by atoms with E-state index in [1.807, 2.05) is 18.2 Å². The van der Waals surface area contributed by atoms with E-state index in [1.54, 1.807) is 11.6 Å². The summed E-state index contributed by atoms with van der Waals surface area (Å²) in [5.74, 6) is -0.283. The van der Waals surface area contributed by atoms with Crippen molar-refractivity contribution in [3.8, 4) is 0 Å². The number of aromatic nitrogens is 2. The quantitative estimate of drug-likeness (QED) is 0.765. The van der Waals surface area contributed by atoms with Gasteiger partial charge in [0.1, 0.15) is 6.04 Å². The Balaban J connectivity index is 1.91. The first-order valence-corrected chi connectivity index (χ1v) is 7.82. The predicted molar refractivity (Wildman–Crippen MR) is 84.2 cm³/mol. The molecular formula is C16H18N4O3. The summed E-state index contributed by atoms with van der Waals surface area (Å²) in [6.45, 7) is 1.80. The first-order chi connectivity index (χ1) is 11.1. The average molecular weight is 314 g/mol. The first kappa shape index (κ1) is 14.2. The van der Waals surface area contributed by atoms with E-state index in [9.17, 15) is 14.4 Å². The first-order valence-electron chi connectivity index (χ1n) is 7.82. The highest BCUT2D eigenvalue weighted by atomic mass is 16.2. The van der Waals surface area contributed by atoms with E-state index in [0.29, 0.717) is 12.3 Å². The third kappa shape index (κ3) is 2.03. The predicted octanol–water partition coefficient (Wildman–Crippen LogP) is 0.00450. The molecule has 0 radical (unpaired) electrons. The molecule has 120 valence electrons. The summed E-state index contributed by atoms with van der Waals surface area (Å²) in [7, 11) is 1.74. The number of aryl methyl sites for hydroxylation is 1. The van der Waals surface area contributed by atoms with Crippen molar-refractivity contribution in [3.05, 3.63) is 34.2 Å². The van der Waals surface area contributed by atoms with E-state index in [0.717, 1.165) is 29.7 Å². The second-order valence-electron chi connectivity index (χ2n) is 6.25. The molecule has 1 aromatic carbocycles. The largest absolute Gasteiger partial charge is 0.329 e. The van der Waals surface area contributed by atoms with Crippen LogP contribution in [0.2, 0.25) is 0 Å². The SMILES string of the molecule is Cn1c(=O)n([C@@H]2CCC(=O)NC2=O)c2cccc(C3CNC3)c21. The van der Waals surface area contributed by atoms with Gasteiger partial charge in [0.2, 0.25) is 11.8 Å². The summed E-state index contributed by atoms with van der Waals surface area (Å²) in [6, 6.07) is 5.22. The number of carbonyl (C=O) groups excluding carboxylic acids is 2. The maximum Gasteiger partial charge on any atom is 0.329 e. The van der Waals surface area contributed by atoms with Crippen molar-refractivity contribution >= 4 is 22.8 Å². The van der Waals surface area contributed by atoms with Gasteiger partial charge in [-0.25, -0.2) is 4.79 Å². The number of rotatable bonds is 2. The third-order valence-corrected chi connectivity index (χ3v) is 4.88. The minimum Gasteiger partial charge on any atom is -0.315 e. The number of benzene rings is 1. The van der Waals surface area contributed by atoms with Gasteiger partial charge >= 0.3 is 5.69 Å². The number of imide groups is 1. The monoisotopic (exact) mass is 314 g/mol. The van der Waals surface area contributed by atoms with Crippen molar-refractivity contribution in [1.82, 2.24) is 19.8 Å². The highest BCUT2D eigenvalue weighted by Crippen LogP contribution is 2.30. The molecule has 2 aliphatic rings. The van der Waals surface area contributed by atoms with Crippen LogP contribution in [0.3, 0.4) is 0 Å². The van der Waals surface area contributed by atoms with Gasteiger partial charge in [0.05, 0.1) is 11.0 Å². The standard InChI is InChI=1S/C16H18N4O3/c1-19-14-10(9-7-17-8-9)3-2-4-11(14)20(16(19)23)12-5-6-13(21)18-15(12)22/h2-4,9,12,17H,5-8H2,1H3,(H,18,21,22)/t12-/m1/s1. The fourth-order valence-electron chi connectivity index (χ4n) is 3.54. The molecule has 2 saturated heterocycles. The van der Waals surface area contributed by atoms with Crippen LogP contribution in [-0.4, -0.2) is 34.0 Å². The number of amides is 2. The number of piperidine rings is 1. The summed E-state index contributed by atoms with van der Waals surface area (Å²) >= 11 is 0. The molecule has 0 saturated carbocycles. The Morgan fingerprint density at radius 1 is 1.17 bits per heavy atom. The van der Waals surface area contributed by atoms with Crippen molar-refractivity contribution in [2.75, 3.05) is 13.1 Å². The molecule has 0 unspecified atom stereocenters. The summed E-state index contributed by atoms with van der Waals surface area (Å²) < 4.78 is 3.15. The van der Waals surface area contributed by atoms with Gasteiger partial charge in [-0.15, -0.1) is 0 Å². The highest BCUT2D eigenvalue weighted by molar-refractivity contribution is 6.00. The summed E-state index contributed by atoms with van der Waals surface area (Å²) in [4.78, 5) is 36.3. The van der Waals surface area contributed by atoms with E-state index in [1.165, 1.54) is 4.57 Å². The molecule has 2 N–H and O–H groups in total. The Morgan fingerprint density at radius 3 is 2.61 bits per heavy atom. The average Bonchev–Trinajstić information content (AvgIpc) is 2.71. The molecular weight excluding hydrogens is 296 g/mol. The second-order valence-corrected chi connectivity index (χ2v) is 6.25. The van der Waals surface area contributed by atoms with Crippen molar-refractivity contribution in [1.29, 1.82) is 0 Å². The molecule has 2 aromatic rings. The van der Waals surface area contributed by atoms with Crippen LogP contribution in [0.4, 0.5) is 0 Å². The van der Waals surface area contributed by atoms with Crippen molar-refractivity contribution in [2.24, 2.45) is 7.05 Å². The van der Waals surface area contributed by atoms with Gasteiger partial charge in [-0.05, 0) is 18.1 Å². The topological polar surface area (TPSA) is 85.1 Å². The molecule has 4 rings (SSSR count). The molecule has 2 amide bonds. The fourth-order valence-corrected chi connectivity index (χ4v) is 3.54. The Labute approximate surface area is 132 Å². The van der Waals surface area contributed by atoms with E-state index in [4.69, 9.17) is 0 Å². The molecule has 7 nitrogen and oxygen atoms in total. The summed E-state index contributed by atoms with van der Waals surface area (Å²) in [5, 5.41) is 5.58.